The second kappa shape index (κ2) is 4.37. The summed E-state index contributed by atoms with van der Waals surface area (Å²) in [6.07, 6.45) is 0. The molecule has 0 saturated carbocycles. The van der Waals surface area contributed by atoms with Crippen LogP contribution in [0.3, 0.4) is 0 Å². The van der Waals surface area contributed by atoms with Crippen LogP contribution in [0, 0.1) is 12.7 Å². The molecule has 3 heteroatoms. The van der Waals surface area contributed by atoms with Gasteiger partial charge >= 0.3 is 5.97 Å². The summed E-state index contributed by atoms with van der Waals surface area (Å²) >= 11 is 0. The molecule has 0 heterocycles. The number of aryl methyl sites for hydroxylation is 1. The zero-order valence-electron chi connectivity index (χ0n) is 9.27. The van der Waals surface area contributed by atoms with E-state index in [-0.39, 0.29) is 11.4 Å². The Bertz CT molecular complexity index is 576. The average molecular weight is 230 g/mol. The van der Waals surface area contributed by atoms with Gasteiger partial charge in [0.25, 0.3) is 0 Å². The number of benzene rings is 2. The molecule has 0 aromatic heterocycles. The highest BCUT2D eigenvalue weighted by Crippen LogP contribution is 2.24. The molecule has 2 rings (SSSR count). The molecule has 0 aliphatic carbocycles. The van der Waals surface area contributed by atoms with Gasteiger partial charge in [-0.05, 0) is 36.2 Å². The van der Waals surface area contributed by atoms with Crippen molar-refractivity contribution in [2.24, 2.45) is 0 Å². The summed E-state index contributed by atoms with van der Waals surface area (Å²) in [6, 6.07) is 11.1. The van der Waals surface area contributed by atoms with Gasteiger partial charge in [-0.15, -0.1) is 0 Å². The van der Waals surface area contributed by atoms with Gasteiger partial charge in [0.1, 0.15) is 5.82 Å². The summed E-state index contributed by atoms with van der Waals surface area (Å²) in [5.41, 5.74) is 1.96. The van der Waals surface area contributed by atoms with Gasteiger partial charge in [0.05, 0.1) is 5.56 Å². The molecule has 0 spiro atoms. The molecule has 1 N–H and O–H groups in total. The number of aromatic carboxylic acids is 1. The lowest BCUT2D eigenvalue weighted by atomic mass is 10.00. The van der Waals surface area contributed by atoms with Gasteiger partial charge in [0, 0.05) is 5.56 Å². The number of hydrogen-bond donors (Lipinski definition) is 1. The first-order chi connectivity index (χ1) is 8.08. The van der Waals surface area contributed by atoms with Crippen molar-refractivity contribution in [3.63, 3.8) is 0 Å². The van der Waals surface area contributed by atoms with Crippen molar-refractivity contribution in [2.75, 3.05) is 0 Å². The standard InChI is InChI=1S/C14H11FO2/c1-9-6-10(8-11(7-9)14(16)17)12-4-2-3-5-13(12)15/h2-8H,1H3,(H,16,17). The van der Waals surface area contributed by atoms with Gasteiger partial charge in [-0.1, -0.05) is 24.3 Å². The van der Waals surface area contributed by atoms with E-state index in [0.29, 0.717) is 11.1 Å². The van der Waals surface area contributed by atoms with Crippen molar-refractivity contribution in [1.82, 2.24) is 0 Å². The quantitative estimate of drug-likeness (QED) is 0.857. The fourth-order valence-electron chi connectivity index (χ4n) is 1.76. The molecule has 0 radical (unpaired) electrons. The SMILES string of the molecule is Cc1cc(C(=O)O)cc(-c2ccccc2F)c1. The lowest BCUT2D eigenvalue weighted by Gasteiger charge is -2.06. The summed E-state index contributed by atoms with van der Waals surface area (Å²) in [5.74, 6) is -1.36. The second-order valence-electron chi connectivity index (χ2n) is 3.87. The van der Waals surface area contributed by atoms with Crippen molar-refractivity contribution in [2.45, 2.75) is 6.92 Å². The van der Waals surface area contributed by atoms with Crippen molar-refractivity contribution in [3.05, 3.63) is 59.4 Å². The molecule has 0 amide bonds. The Morgan fingerprint density at radius 3 is 2.53 bits per heavy atom. The molecule has 2 aromatic rings. The number of carboxylic acids is 1. The van der Waals surface area contributed by atoms with E-state index >= 15 is 0 Å². The van der Waals surface area contributed by atoms with Gasteiger partial charge < -0.3 is 5.11 Å². The summed E-state index contributed by atoms with van der Waals surface area (Å²) < 4.78 is 13.6. The smallest absolute Gasteiger partial charge is 0.335 e. The minimum atomic E-state index is -1.01. The first-order valence-corrected chi connectivity index (χ1v) is 5.18. The monoisotopic (exact) mass is 230 g/mol. The highest BCUT2D eigenvalue weighted by molar-refractivity contribution is 5.89. The molecule has 17 heavy (non-hydrogen) atoms. The van der Waals surface area contributed by atoms with Gasteiger partial charge in [0.15, 0.2) is 0 Å². The number of rotatable bonds is 2. The highest BCUT2D eigenvalue weighted by atomic mass is 19.1. The topological polar surface area (TPSA) is 37.3 Å². The maximum absolute atomic E-state index is 13.6. The molecule has 0 atom stereocenters. The van der Waals surface area contributed by atoms with Crippen LogP contribution < -0.4 is 0 Å². The molecule has 0 saturated heterocycles. The second-order valence-corrected chi connectivity index (χ2v) is 3.87. The van der Waals surface area contributed by atoms with E-state index in [1.807, 2.05) is 0 Å². The van der Waals surface area contributed by atoms with Crippen molar-refractivity contribution < 1.29 is 14.3 Å². The van der Waals surface area contributed by atoms with Crippen LogP contribution in [-0.2, 0) is 0 Å². The first kappa shape index (κ1) is 11.3. The average Bonchev–Trinajstić information content (AvgIpc) is 2.28. The van der Waals surface area contributed by atoms with E-state index in [2.05, 4.69) is 0 Å². The largest absolute Gasteiger partial charge is 0.478 e. The third-order valence-electron chi connectivity index (χ3n) is 2.51. The van der Waals surface area contributed by atoms with Crippen LogP contribution in [0.5, 0.6) is 0 Å². The molecule has 0 aliphatic rings. The number of carbonyl (C=O) groups is 1. The lowest BCUT2D eigenvalue weighted by molar-refractivity contribution is 0.0697. The summed E-state index contributed by atoms with van der Waals surface area (Å²) in [4.78, 5) is 10.9. The Morgan fingerprint density at radius 1 is 1.18 bits per heavy atom. The van der Waals surface area contributed by atoms with Crippen LogP contribution in [0.25, 0.3) is 11.1 Å². The summed E-state index contributed by atoms with van der Waals surface area (Å²) in [5, 5.41) is 8.96. The Hall–Kier alpha value is -2.16. The van der Waals surface area contributed by atoms with Gasteiger partial charge in [-0.25, -0.2) is 9.18 Å². The van der Waals surface area contributed by atoms with Crippen molar-refractivity contribution in [3.8, 4) is 11.1 Å². The van der Waals surface area contributed by atoms with Crippen molar-refractivity contribution in [1.29, 1.82) is 0 Å². The van der Waals surface area contributed by atoms with Gasteiger partial charge in [-0.3, -0.25) is 0 Å². The fourth-order valence-corrected chi connectivity index (χ4v) is 1.76. The van der Waals surface area contributed by atoms with E-state index in [1.165, 1.54) is 12.1 Å². The predicted octanol–water partition coefficient (Wildman–Crippen LogP) is 3.50. The molecule has 0 aliphatic heterocycles. The Kier molecular flexibility index (Phi) is 2.91. The van der Waals surface area contributed by atoms with E-state index in [9.17, 15) is 9.18 Å². The number of hydrogen-bond acceptors (Lipinski definition) is 1. The van der Waals surface area contributed by atoms with E-state index in [4.69, 9.17) is 5.11 Å². The molecular weight excluding hydrogens is 219 g/mol. The van der Waals surface area contributed by atoms with Crippen LogP contribution in [-0.4, -0.2) is 11.1 Å². The minimum absolute atomic E-state index is 0.170. The predicted molar refractivity (Wildman–Crippen MR) is 63.5 cm³/mol. The molecule has 86 valence electrons. The van der Waals surface area contributed by atoms with Crippen LogP contribution in [0.4, 0.5) is 4.39 Å². The zero-order valence-corrected chi connectivity index (χ0v) is 9.27. The normalized spacial score (nSPS) is 10.2. The highest BCUT2D eigenvalue weighted by Gasteiger charge is 2.09. The summed E-state index contributed by atoms with van der Waals surface area (Å²) in [7, 11) is 0. The summed E-state index contributed by atoms with van der Waals surface area (Å²) in [6.45, 7) is 1.79. The number of halogens is 1. The molecular formula is C14H11FO2. The lowest BCUT2D eigenvalue weighted by Crippen LogP contribution is -1.97. The van der Waals surface area contributed by atoms with E-state index < -0.39 is 5.97 Å². The van der Waals surface area contributed by atoms with Gasteiger partial charge in [0.2, 0.25) is 0 Å². The number of carboxylic acid groups (broad SMARTS) is 1. The molecule has 2 aromatic carbocycles. The van der Waals surface area contributed by atoms with Gasteiger partial charge in [-0.2, -0.15) is 0 Å². The van der Waals surface area contributed by atoms with Crippen LogP contribution >= 0.6 is 0 Å². The Balaban J connectivity index is 2.60. The third-order valence-corrected chi connectivity index (χ3v) is 2.51. The maximum atomic E-state index is 13.6. The fraction of sp³-hybridized carbons (Fsp3) is 0.0714. The molecule has 2 nitrogen and oxygen atoms in total. The van der Waals surface area contributed by atoms with E-state index in [1.54, 1.807) is 37.3 Å². The van der Waals surface area contributed by atoms with Crippen LogP contribution in [0.15, 0.2) is 42.5 Å². The Morgan fingerprint density at radius 2 is 1.88 bits per heavy atom. The third kappa shape index (κ3) is 2.33. The van der Waals surface area contributed by atoms with Crippen LogP contribution in [0.1, 0.15) is 15.9 Å². The zero-order chi connectivity index (χ0) is 12.4. The first-order valence-electron chi connectivity index (χ1n) is 5.18. The molecule has 0 bridgehead atoms. The van der Waals surface area contributed by atoms with E-state index in [0.717, 1.165) is 5.56 Å². The minimum Gasteiger partial charge on any atom is -0.478 e. The maximum Gasteiger partial charge on any atom is 0.335 e. The Labute approximate surface area is 98.3 Å². The molecule has 0 unspecified atom stereocenters. The molecule has 0 fully saturated rings. The van der Waals surface area contributed by atoms with Crippen molar-refractivity contribution >= 4 is 5.97 Å². The van der Waals surface area contributed by atoms with Crippen LogP contribution in [0.2, 0.25) is 0 Å².